The van der Waals surface area contributed by atoms with Crippen molar-refractivity contribution < 1.29 is 9.47 Å². The predicted octanol–water partition coefficient (Wildman–Crippen LogP) is 5.50. The van der Waals surface area contributed by atoms with Crippen LogP contribution in [0.5, 0.6) is 11.5 Å². The van der Waals surface area contributed by atoms with Crippen LogP contribution in [0.15, 0.2) is 84.7 Å². The summed E-state index contributed by atoms with van der Waals surface area (Å²) in [5.74, 6) is 2.28. The number of benzene rings is 3. The van der Waals surface area contributed by atoms with Crippen LogP contribution >= 0.6 is 11.6 Å². The molecule has 4 aromatic rings. The van der Waals surface area contributed by atoms with Crippen LogP contribution in [0.4, 0.5) is 5.95 Å². The van der Waals surface area contributed by atoms with Crippen molar-refractivity contribution in [3.63, 3.8) is 0 Å². The largest absolute Gasteiger partial charge is 0.497 e. The van der Waals surface area contributed by atoms with Gasteiger partial charge in [0.1, 0.15) is 30.0 Å². The number of para-hydroxylation sites is 1. The molecule has 0 spiro atoms. The molecule has 0 radical (unpaired) electrons. The first-order chi connectivity index (χ1) is 15.7. The topological polar surface area (TPSA) is 61.2 Å². The van der Waals surface area contributed by atoms with Crippen molar-refractivity contribution in [2.24, 2.45) is 0 Å². The molecule has 1 aromatic heterocycles. The van der Waals surface area contributed by atoms with E-state index in [1.54, 1.807) is 13.4 Å². The number of aromatic nitrogens is 3. The molecule has 0 saturated carbocycles. The van der Waals surface area contributed by atoms with Gasteiger partial charge >= 0.3 is 0 Å². The van der Waals surface area contributed by atoms with Gasteiger partial charge in [0.05, 0.1) is 12.8 Å². The van der Waals surface area contributed by atoms with Gasteiger partial charge in [-0.1, -0.05) is 48.0 Å². The molecular formula is C25H19ClN4O2. The van der Waals surface area contributed by atoms with E-state index >= 15 is 0 Å². The van der Waals surface area contributed by atoms with Gasteiger partial charge in [0, 0.05) is 16.2 Å². The van der Waals surface area contributed by atoms with Crippen LogP contribution in [0.1, 0.15) is 28.8 Å². The highest BCUT2D eigenvalue weighted by Gasteiger charge is 2.40. The minimum atomic E-state index is -0.335. The van der Waals surface area contributed by atoms with Crippen molar-refractivity contribution in [1.82, 2.24) is 14.8 Å². The van der Waals surface area contributed by atoms with Crippen molar-refractivity contribution in [1.29, 1.82) is 0 Å². The van der Waals surface area contributed by atoms with Crippen LogP contribution in [0, 0.1) is 0 Å². The Morgan fingerprint density at radius 3 is 2.69 bits per heavy atom. The summed E-state index contributed by atoms with van der Waals surface area (Å²) in [6.45, 7) is 0. The second-order valence-corrected chi connectivity index (χ2v) is 8.14. The molecule has 0 fully saturated rings. The highest BCUT2D eigenvalue weighted by Crippen LogP contribution is 2.50. The van der Waals surface area contributed by atoms with Gasteiger partial charge in [-0.25, -0.2) is 4.68 Å². The number of fused-ring (bicyclic) bond motifs is 3. The van der Waals surface area contributed by atoms with Gasteiger partial charge in [-0.15, -0.1) is 0 Å². The third kappa shape index (κ3) is 2.95. The number of hydrogen-bond acceptors (Lipinski definition) is 5. The lowest BCUT2D eigenvalue weighted by molar-refractivity contribution is 0.223. The van der Waals surface area contributed by atoms with Crippen LogP contribution in [0.25, 0.3) is 5.70 Å². The van der Waals surface area contributed by atoms with E-state index in [4.69, 9.17) is 21.1 Å². The Hall–Kier alpha value is -3.77. The van der Waals surface area contributed by atoms with Gasteiger partial charge in [0.25, 0.3) is 0 Å². The van der Waals surface area contributed by atoms with Crippen LogP contribution in [0.2, 0.25) is 5.02 Å². The van der Waals surface area contributed by atoms with Crippen LogP contribution in [-0.4, -0.2) is 21.9 Å². The lowest BCUT2D eigenvalue weighted by atomic mass is 9.84. The first-order valence-corrected chi connectivity index (χ1v) is 10.7. The van der Waals surface area contributed by atoms with Crippen LogP contribution in [-0.2, 0) is 0 Å². The van der Waals surface area contributed by atoms with E-state index in [9.17, 15) is 0 Å². The normalized spacial score (nSPS) is 18.7. The van der Waals surface area contributed by atoms with Crippen molar-refractivity contribution in [2.45, 2.75) is 12.1 Å². The quantitative estimate of drug-likeness (QED) is 0.454. The van der Waals surface area contributed by atoms with Crippen molar-refractivity contribution in [3.8, 4) is 11.5 Å². The number of halogens is 1. The van der Waals surface area contributed by atoms with Crippen molar-refractivity contribution >= 4 is 23.2 Å². The zero-order valence-corrected chi connectivity index (χ0v) is 18.0. The minimum absolute atomic E-state index is 0.229. The molecule has 7 heteroatoms. The second kappa shape index (κ2) is 7.43. The fourth-order valence-corrected chi connectivity index (χ4v) is 4.59. The maximum Gasteiger partial charge on any atom is 0.226 e. The summed E-state index contributed by atoms with van der Waals surface area (Å²) in [4.78, 5) is 4.47. The first kappa shape index (κ1) is 19.0. The van der Waals surface area contributed by atoms with Crippen LogP contribution < -0.4 is 14.8 Å². The average molecular weight is 443 g/mol. The van der Waals surface area contributed by atoms with E-state index in [0.29, 0.717) is 11.0 Å². The van der Waals surface area contributed by atoms with Gasteiger partial charge < -0.3 is 14.8 Å². The summed E-state index contributed by atoms with van der Waals surface area (Å²) >= 11 is 6.18. The van der Waals surface area contributed by atoms with E-state index in [2.05, 4.69) is 27.5 Å². The van der Waals surface area contributed by atoms with Crippen molar-refractivity contribution in [2.75, 3.05) is 12.4 Å². The van der Waals surface area contributed by atoms with Gasteiger partial charge in [0.2, 0.25) is 5.95 Å². The summed E-state index contributed by atoms with van der Waals surface area (Å²) < 4.78 is 14.0. The lowest BCUT2D eigenvalue weighted by Gasteiger charge is -2.39. The highest BCUT2D eigenvalue weighted by molar-refractivity contribution is 6.30. The summed E-state index contributed by atoms with van der Waals surface area (Å²) in [5.41, 5.74) is 5.08. The molecular weight excluding hydrogens is 424 g/mol. The molecule has 0 amide bonds. The molecule has 3 heterocycles. The number of nitrogens with one attached hydrogen (secondary N) is 1. The average Bonchev–Trinajstić information content (AvgIpc) is 3.31. The van der Waals surface area contributed by atoms with Gasteiger partial charge in [-0.3, -0.25) is 0 Å². The van der Waals surface area contributed by atoms with E-state index < -0.39 is 0 Å². The Morgan fingerprint density at radius 2 is 1.84 bits per heavy atom. The van der Waals surface area contributed by atoms with Gasteiger partial charge in [0.15, 0.2) is 0 Å². The standard InChI is InChI=1S/C25H19ClN4O2/c1-31-18-6-4-5-16(13-18)23-21-22(29-25-27-14-28-30(23)25)19-7-2-3-8-20(19)32-24(21)15-9-11-17(26)12-10-15/h2-14,23-24H,1H3,(H,27,28,29). The summed E-state index contributed by atoms with van der Waals surface area (Å²) in [6, 6.07) is 23.6. The Kier molecular flexibility index (Phi) is 4.40. The van der Waals surface area contributed by atoms with Gasteiger partial charge in [-0.05, 0) is 47.5 Å². The Balaban J connectivity index is 1.62. The zero-order valence-electron chi connectivity index (χ0n) is 17.2. The van der Waals surface area contributed by atoms with E-state index in [0.717, 1.165) is 39.5 Å². The molecule has 2 atom stereocenters. The fourth-order valence-electron chi connectivity index (χ4n) is 4.46. The molecule has 6 rings (SSSR count). The minimum Gasteiger partial charge on any atom is -0.497 e. The number of ether oxygens (including phenoxy) is 2. The second-order valence-electron chi connectivity index (χ2n) is 7.71. The first-order valence-electron chi connectivity index (χ1n) is 10.3. The lowest BCUT2D eigenvalue weighted by Crippen LogP contribution is -2.32. The summed E-state index contributed by atoms with van der Waals surface area (Å²) in [7, 11) is 1.67. The molecule has 0 saturated heterocycles. The van der Waals surface area contributed by atoms with Crippen molar-refractivity contribution in [3.05, 3.63) is 106 Å². The molecule has 158 valence electrons. The number of rotatable bonds is 3. The third-order valence-corrected chi connectivity index (χ3v) is 6.16. The number of anilines is 1. The molecule has 2 unspecified atom stereocenters. The molecule has 0 aliphatic carbocycles. The van der Waals surface area contributed by atoms with E-state index in [-0.39, 0.29) is 12.1 Å². The van der Waals surface area contributed by atoms with E-state index in [1.165, 1.54) is 0 Å². The Labute approximate surface area is 190 Å². The molecule has 2 aliphatic heterocycles. The molecule has 32 heavy (non-hydrogen) atoms. The third-order valence-electron chi connectivity index (χ3n) is 5.90. The maximum atomic E-state index is 6.59. The highest BCUT2D eigenvalue weighted by atomic mass is 35.5. The SMILES string of the molecule is COc1cccc(C2C3=C(Nc4ncnn42)c2ccccc2OC3c2ccc(Cl)cc2)c1. The zero-order chi connectivity index (χ0) is 21.7. The Morgan fingerprint density at radius 1 is 1.00 bits per heavy atom. The summed E-state index contributed by atoms with van der Waals surface area (Å²) in [5, 5.41) is 8.74. The smallest absolute Gasteiger partial charge is 0.226 e. The molecule has 6 nitrogen and oxygen atoms in total. The molecule has 1 N–H and O–H groups in total. The van der Waals surface area contributed by atoms with Crippen LogP contribution in [0.3, 0.4) is 0 Å². The molecule has 3 aromatic carbocycles. The van der Waals surface area contributed by atoms with Gasteiger partial charge in [-0.2, -0.15) is 10.1 Å². The maximum absolute atomic E-state index is 6.59. The fraction of sp³-hybridized carbons (Fsp3) is 0.120. The molecule has 0 bridgehead atoms. The monoisotopic (exact) mass is 442 g/mol. The Bertz CT molecular complexity index is 1350. The number of nitrogens with zero attached hydrogens (tertiary/aromatic N) is 3. The predicted molar refractivity (Wildman–Crippen MR) is 123 cm³/mol. The summed E-state index contributed by atoms with van der Waals surface area (Å²) in [6.07, 6.45) is 1.23. The van der Waals surface area contributed by atoms with E-state index in [1.807, 2.05) is 65.3 Å². The molecule has 2 aliphatic rings. The number of methoxy groups -OCH3 is 1. The number of hydrogen-bond donors (Lipinski definition) is 1.